The second-order valence-electron chi connectivity index (χ2n) is 5.42. The first kappa shape index (κ1) is 13.2. The van der Waals surface area contributed by atoms with Crippen LogP contribution in [0.15, 0.2) is 18.2 Å². The Morgan fingerprint density at radius 2 is 2.06 bits per heavy atom. The maximum Gasteiger partial charge on any atom is 0.0992 e. The lowest BCUT2D eigenvalue weighted by molar-refractivity contribution is 0.261. The molecule has 0 aromatic heterocycles. The van der Waals surface area contributed by atoms with Gasteiger partial charge in [-0.05, 0) is 49.3 Å². The summed E-state index contributed by atoms with van der Waals surface area (Å²) in [6.45, 7) is 4.65. The molecule has 1 fully saturated rings. The molecule has 0 bridgehead atoms. The Morgan fingerprint density at radius 1 is 1.28 bits per heavy atom. The molecule has 0 amide bonds. The van der Waals surface area contributed by atoms with Crippen LogP contribution in [0.1, 0.15) is 38.7 Å². The predicted octanol–water partition coefficient (Wildman–Crippen LogP) is 4.45. The molecule has 0 saturated heterocycles. The van der Waals surface area contributed by atoms with Crippen molar-refractivity contribution in [2.24, 2.45) is 11.8 Å². The number of halogens is 1. The molecule has 18 heavy (non-hydrogen) atoms. The highest BCUT2D eigenvalue weighted by molar-refractivity contribution is 6.33. The first-order valence-corrected chi connectivity index (χ1v) is 6.94. The summed E-state index contributed by atoms with van der Waals surface area (Å²) in [5.41, 5.74) is 1.55. The average Bonchev–Trinajstić information content (AvgIpc) is 2.36. The first-order valence-electron chi connectivity index (χ1n) is 6.56. The monoisotopic (exact) mass is 262 g/mol. The molecule has 1 aliphatic carbocycles. The van der Waals surface area contributed by atoms with E-state index in [0.717, 1.165) is 17.5 Å². The fourth-order valence-electron chi connectivity index (χ4n) is 2.60. The zero-order valence-corrected chi connectivity index (χ0v) is 11.7. The van der Waals surface area contributed by atoms with Gasteiger partial charge in [0.15, 0.2) is 0 Å². The lowest BCUT2D eigenvalue weighted by Crippen LogP contribution is -2.30. The van der Waals surface area contributed by atoms with Gasteiger partial charge in [-0.2, -0.15) is 5.26 Å². The highest BCUT2D eigenvalue weighted by Crippen LogP contribution is 2.32. The summed E-state index contributed by atoms with van der Waals surface area (Å²) in [5, 5.41) is 13.0. The van der Waals surface area contributed by atoms with Crippen LogP contribution < -0.4 is 5.32 Å². The van der Waals surface area contributed by atoms with Gasteiger partial charge in [-0.25, -0.2) is 0 Å². The van der Waals surface area contributed by atoms with E-state index in [1.807, 2.05) is 12.1 Å². The van der Waals surface area contributed by atoms with Crippen LogP contribution >= 0.6 is 11.6 Å². The van der Waals surface area contributed by atoms with Crippen molar-refractivity contribution < 1.29 is 0 Å². The topological polar surface area (TPSA) is 35.8 Å². The van der Waals surface area contributed by atoms with Gasteiger partial charge in [-0.3, -0.25) is 0 Å². The summed E-state index contributed by atoms with van der Waals surface area (Å²) in [5.74, 6) is 1.58. The molecule has 0 spiro atoms. The van der Waals surface area contributed by atoms with Gasteiger partial charge in [0.05, 0.1) is 22.3 Å². The summed E-state index contributed by atoms with van der Waals surface area (Å²) in [4.78, 5) is 0. The molecule has 3 heteroatoms. The van der Waals surface area contributed by atoms with E-state index in [-0.39, 0.29) is 0 Å². The highest BCUT2D eigenvalue weighted by Gasteiger charge is 2.24. The van der Waals surface area contributed by atoms with Gasteiger partial charge in [-0.1, -0.05) is 25.4 Å². The van der Waals surface area contributed by atoms with E-state index in [1.165, 1.54) is 19.3 Å². The number of nitrogens with zero attached hydrogens (tertiary/aromatic N) is 1. The molecule has 96 valence electrons. The molecule has 3 unspecified atom stereocenters. The van der Waals surface area contributed by atoms with Gasteiger partial charge in [-0.15, -0.1) is 0 Å². The number of hydrogen-bond acceptors (Lipinski definition) is 2. The molecule has 0 aliphatic heterocycles. The molecule has 3 atom stereocenters. The fraction of sp³-hybridized carbons (Fsp3) is 0.533. The number of anilines is 1. The highest BCUT2D eigenvalue weighted by atomic mass is 35.5. The van der Waals surface area contributed by atoms with Crippen molar-refractivity contribution >= 4 is 17.3 Å². The van der Waals surface area contributed by atoms with Crippen LogP contribution in [0.2, 0.25) is 5.02 Å². The van der Waals surface area contributed by atoms with Gasteiger partial charge in [0.25, 0.3) is 0 Å². The minimum absolute atomic E-state index is 0.502. The second kappa shape index (κ2) is 5.63. The number of nitrogens with one attached hydrogen (secondary N) is 1. The van der Waals surface area contributed by atoms with Crippen LogP contribution in [-0.2, 0) is 0 Å². The number of rotatable bonds is 2. The smallest absolute Gasteiger partial charge is 0.0992 e. The lowest BCUT2D eigenvalue weighted by Gasteiger charge is -2.33. The average molecular weight is 263 g/mol. The van der Waals surface area contributed by atoms with Gasteiger partial charge >= 0.3 is 0 Å². The van der Waals surface area contributed by atoms with E-state index in [9.17, 15) is 0 Å². The predicted molar refractivity (Wildman–Crippen MR) is 75.8 cm³/mol. The van der Waals surface area contributed by atoms with Crippen molar-refractivity contribution in [3.8, 4) is 6.07 Å². The van der Waals surface area contributed by atoms with Crippen LogP contribution in [0.3, 0.4) is 0 Å². The standard InChI is InChI=1S/C15H19ClN2/c1-10-3-5-13(7-11(10)2)18-15-6-4-12(9-17)8-14(15)16/h4,6,8,10-11,13,18H,3,5,7H2,1-2H3. The number of benzene rings is 1. The molecule has 1 aliphatic rings. The Bertz CT molecular complexity index is 464. The summed E-state index contributed by atoms with van der Waals surface area (Å²) >= 11 is 6.18. The van der Waals surface area contributed by atoms with Gasteiger partial charge in [0.1, 0.15) is 0 Å². The normalized spacial score (nSPS) is 27.6. The van der Waals surface area contributed by atoms with Crippen molar-refractivity contribution in [2.45, 2.75) is 39.2 Å². The molecule has 1 N–H and O–H groups in total. The molecular weight excluding hydrogens is 244 g/mol. The van der Waals surface area contributed by atoms with Crippen LogP contribution in [0.5, 0.6) is 0 Å². The van der Waals surface area contributed by atoms with E-state index in [2.05, 4.69) is 25.2 Å². The lowest BCUT2D eigenvalue weighted by atomic mass is 9.79. The van der Waals surface area contributed by atoms with Crippen molar-refractivity contribution in [2.75, 3.05) is 5.32 Å². The minimum Gasteiger partial charge on any atom is -0.381 e. The zero-order valence-electron chi connectivity index (χ0n) is 10.9. The first-order chi connectivity index (χ1) is 8.60. The quantitative estimate of drug-likeness (QED) is 0.855. The maximum atomic E-state index is 8.81. The number of nitriles is 1. The van der Waals surface area contributed by atoms with Gasteiger partial charge in [0, 0.05) is 6.04 Å². The van der Waals surface area contributed by atoms with Crippen molar-refractivity contribution in [1.82, 2.24) is 0 Å². The van der Waals surface area contributed by atoms with Crippen molar-refractivity contribution in [3.05, 3.63) is 28.8 Å². The molecule has 2 rings (SSSR count). The molecule has 0 heterocycles. The maximum absolute atomic E-state index is 8.81. The molecule has 1 saturated carbocycles. The largest absolute Gasteiger partial charge is 0.381 e. The minimum atomic E-state index is 0.502. The summed E-state index contributed by atoms with van der Waals surface area (Å²) in [6.07, 6.45) is 3.66. The Kier molecular flexibility index (Phi) is 4.14. The van der Waals surface area contributed by atoms with Crippen LogP contribution in [0, 0.1) is 23.2 Å². The summed E-state index contributed by atoms with van der Waals surface area (Å²) < 4.78 is 0. The van der Waals surface area contributed by atoms with Crippen molar-refractivity contribution in [1.29, 1.82) is 5.26 Å². The molecule has 1 aromatic carbocycles. The zero-order chi connectivity index (χ0) is 13.1. The Balaban J connectivity index is 2.04. The van der Waals surface area contributed by atoms with Crippen LogP contribution in [-0.4, -0.2) is 6.04 Å². The van der Waals surface area contributed by atoms with Gasteiger partial charge in [0.2, 0.25) is 0 Å². The second-order valence-corrected chi connectivity index (χ2v) is 5.82. The van der Waals surface area contributed by atoms with E-state index in [0.29, 0.717) is 16.6 Å². The SMILES string of the molecule is CC1CCC(Nc2ccc(C#N)cc2Cl)CC1C. The van der Waals surface area contributed by atoms with E-state index < -0.39 is 0 Å². The third-order valence-electron chi connectivity index (χ3n) is 4.06. The van der Waals surface area contributed by atoms with E-state index >= 15 is 0 Å². The van der Waals surface area contributed by atoms with E-state index in [4.69, 9.17) is 16.9 Å². The Labute approximate surface area is 114 Å². The third-order valence-corrected chi connectivity index (χ3v) is 4.37. The Morgan fingerprint density at radius 3 is 2.67 bits per heavy atom. The third kappa shape index (κ3) is 2.97. The molecule has 0 radical (unpaired) electrons. The molecular formula is C15H19ClN2. The Hall–Kier alpha value is -1.20. The molecule has 1 aromatic rings. The number of hydrogen-bond donors (Lipinski definition) is 1. The van der Waals surface area contributed by atoms with Crippen LogP contribution in [0.25, 0.3) is 0 Å². The summed E-state index contributed by atoms with van der Waals surface area (Å²) in [7, 11) is 0. The van der Waals surface area contributed by atoms with Crippen molar-refractivity contribution in [3.63, 3.8) is 0 Å². The molecule has 2 nitrogen and oxygen atoms in total. The van der Waals surface area contributed by atoms with E-state index in [1.54, 1.807) is 6.07 Å². The van der Waals surface area contributed by atoms with Crippen LogP contribution in [0.4, 0.5) is 5.69 Å². The van der Waals surface area contributed by atoms with Gasteiger partial charge < -0.3 is 5.32 Å². The fourth-order valence-corrected chi connectivity index (χ4v) is 2.84. The summed E-state index contributed by atoms with van der Waals surface area (Å²) in [6, 6.07) is 8.04.